The van der Waals surface area contributed by atoms with Gasteiger partial charge >= 0.3 is 5.69 Å². The van der Waals surface area contributed by atoms with Crippen molar-refractivity contribution in [2.24, 2.45) is 0 Å². The van der Waals surface area contributed by atoms with Crippen LogP contribution < -0.4 is 16.3 Å². The van der Waals surface area contributed by atoms with Crippen LogP contribution in [0.25, 0.3) is 5.65 Å². The Morgan fingerprint density at radius 2 is 1.69 bits per heavy atom. The summed E-state index contributed by atoms with van der Waals surface area (Å²) in [5, 5.41) is 9.79. The van der Waals surface area contributed by atoms with Crippen molar-refractivity contribution in [3.63, 3.8) is 0 Å². The molecule has 0 unspecified atom stereocenters. The van der Waals surface area contributed by atoms with Crippen LogP contribution in [-0.2, 0) is 11.3 Å². The van der Waals surface area contributed by atoms with E-state index in [1.165, 1.54) is 10.5 Å². The van der Waals surface area contributed by atoms with E-state index in [0.717, 1.165) is 33.6 Å². The van der Waals surface area contributed by atoms with E-state index >= 15 is 0 Å². The van der Waals surface area contributed by atoms with Crippen LogP contribution in [0, 0.1) is 32.4 Å². The summed E-state index contributed by atoms with van der Waals surface area (Å²) in [4.78, 5) is 29.7. The molecule has 0 spiro atoms. The number of aromatic nitrogens is 4. The Balaban J connectivity index is 1.64. The van der Waals surface area contributed by atoms with Crippen LogP contribution in [0.15, 0.2) is 47.3 Å². The predicted molar refractivity (Wildman–Crippen MR) is 116 cm³/mol. The van der Waals surface area contributed by atoms with Crippen LogP contribution >= 0.6 is 0 Å². The summed E-state index contributed by atoms with van der Waals surface area (Å²) in [6, 6.07) is 10.5. The number of carbonyl (C=O) groups is 1. The number of anilines is 3. The predicted octanol–water partition coefficient (Wildman–Crippen LogP) is 3.48. The first-order valence-electron chi connectivity index (χ1n) is 9.77. The zero-order chi connectivity index (χ0) is 23.0. The Kier molecular flexibility index (Phi) is 5.43. The molecule has 0 radical (unpaired) electrons. The molecule has 0 aliphatic rings. The summed E-state index contributed by atoms with van der Waals surface area (Å²) < 4.78 is 28.7. The molecular weight excluding hydrogens is 418 g/mol. The van der Waals surface area contributed by atoms with E-state index in [1.807, 2.05) is 32.0 Å². The van der Waals surface area contributed by atoms with Gasteiger partial charge in [0.1, 0.15) is 6.54 Å². The first kappa shape index (κ1) is 21.2. The average Bonchev–Trinajstić information content (AvgIpc) is 2.99. The molecule has 0 aliphatic carbocycles. The molecule has 0 bridgehead atoms. The van der Waals surface area contributed by atoms with Crippen molar-refractivity contribution >= 4 is 28.9 Å². The average molecular weight is 438 g/mol. The molecule has 4 rings (SSSR count). The maximum absolute atomic E-state index is 13.4. The number of benzene rings is 2. The van der Waals surface area contributed by atoms with Gasteiger partial charge in [-0.1, -0.05) is 6.07 Å². The molecule has 164 valence electrons. The van der Waals surface area contributed by atoms with E-state index in [1.54, 1.807) is 13.0 Å². The van der Waals surface area contributed by atoms with E-state index in [9.17, 15) is 18.4 Å². The Labute approximate surface area is 181 Å². The lowest BCUT2D eigenvalue weighted by molar-refractivity contribution is -0.117. The third-order valence-electron chi connectivity index (χ3n) is 4.67. The van der Waals surface area contributed by atoms with Crippen LogP contribution in [0.2, 0.25) is 0 Å². The van der Waals surface area contributed by atoms with Crippen LogP contribution in [-0.4, -0.2) is 25.1 Å². The molecule has 1 amide bonds. The molecule has 8 nitrogen and oxygen atoms in total. The van der Waals surface area contributed by atoms with Crippen molar-refractivity contribution in [1.82, 2.24) is 19.2 Å². The molecule has 0 aliphatic heterocycles. The number of nitrogens with one attached hydrogen (secondary N) is 2. The smallest absolute Gasteiger partial charge is 0.325 e. The highest BCUT2D eigenvalue weighted by atomic mass is 19.2. The van der Waals surface area contributed by atoms with E-state index in [-0.39, 0.29) is 11.6 Å². The number of halogens is 2. The normalized spacial score (nSPS) is 11.0. The van der Waals surface area contributed by atoms with Gasteiger partial charge in [0.05, 0.1) is 0 Å². The molecule has 0 saturated carbocycles. The molecule has 0 atom stereocenters. The van der Waals surface area contributed by atoms with Gasteiger partial charge < -0.3 is 10.6 Å². The van der Waals surface area contributed by atoms with Gasteiger partial charge in [0.25, 0.3) is 0 Å². The maximum atomic E-state index is 13.4. The van der Waals surface area contributed by atoms with Gasteiger partial charge in [-0.25, -0.2) is 27.6 Å². The van der Waals surface area contributed by atoms with Crippen molar-refractivity contribution < 1.29 is 13.6 Å². The van der Waals surface area contributed by atoms with Gasteiger partial charge in [0.15, 0.2) is 17.3 Å². The van der Waals surface area contributed by atoms with Crippen LogP contribution in [0.3, 0.4) is 0 Å². The fourth-order valence-corrected chi connectivity index (χ4v) is 3.43. The number of aryl methyl sites for hydroxylation is 3. The summed E-state index contributed by atoms with van der Waals surface area (Å²) in [6.45, 7) is 5.29. The zero-order valence-electron chi connectivity index (χ0n) is 17.6. The Morgan fingerprint density at radius 1 is 0.969 bits per heavy atom. The number of hydrogen-bond donors (Lipinski definition) is 2. The second-order valence-electron chi connectivity index (χ2n) is 7.53. The van der Waals surface area contributed by atoms with Gasteiger partial charge in [-0.15, -0.1) is 5.10 Å². The van der Waals surface area contributed by atoms with E-state index < -0.39 is 29.8 Å². The van der Waals surface area contributed by atoms with Gasteiger partial charge in [0, 0.05) is 29.2 Å². The fourth-order valence-electron chi connectivity index (χ4n) is 3.43. The van der Waals surface area contributed by atoms with Gasteiger partial charge in [-0.3, -0.25) is 4.79 Å². The molecule has 2 N–H and O–H groups in total. The molecule has 2 heterocycles. The number of nitrogens with zero attached hydrogens (tertiary/aromatic N) is 4. The fraction of sp³-hybridized carbons (Fsp3) is 0.182. The van der Waals surface area contributed by atoms with Gasteiger partial charge in [0.2, 0.25) is 11.9 Å². The Morgan fingerprint density at radius 3 is 2.38 bits per heavy atom. The second kappa shape index (κ2) is 8.22. The molecular formula is C22H20F2N6O2. The van der Waals surface area contributed by atoms with E-state index in [0.29, 0.717) is 11.3 Å². The van der Waals surface area contributed by atoms with Crippen molar-refractivity contribution in [2.45, 2.75) is 27.3 Å². The lowest BCUT2D eigenvalue weighted by atomic mass is 10.1. The molecule has 2 aromatic carbocycles. The highest BCUT2D eigenvalue weighted by Crippen LogP contribution is 2.19. The van der Waals surface area contributed by atoms with Gasteiger partial charge in [-0.2, -0.15) is 0 Å². The number of rotatable bonds is 5. The molecule has 0 fully saturated rings. The molecule has 0 saturated heterocycles. The first-order valence-corrected chi connectivity index (χ1v) is 9.77. The Hall–Kier alpha value is -4.08. The number of carbonyl (C=O) groups excluding carboxylic acids is 1. The van der Waals surface area contributed by atoms with Crippen molar-refractivity contribution in [1.29, 1.82) is 0 Å². The summed E-state index contributed by atoms with van der Waals surface area (Å²) in [7, 11) is 0. The quantitative estimate of drug-likeness (QED) is 0.498. The molecule has 4 aromatic rings. The number of hydrogen-bond acceptors (Lipinski definition) is 5. The summed E-state index contributed by atoms with van der Waals surface area (Å²) in [5.41, 5.74) is 3.31. The monoisotopic (exact) mass is 438 g/mol. The van der Waals surface area contributed by atoms with E-state index in [2.05, 4.69) is 20.7 Å². The van der Waals surface area contributed by atoms with Gasteiger partial charge in [-0.05, 0) is 56.2 Å². The van der Waals surface area contributed by atoms with Crippen molar-refractivity contribution in [3.8, 4) is 0 Å². The number of fused-ring (bicyclic) bond motifs is 1. The third kappa shape index (κ3) is 4.34. The second-order valence-corrected chi connectivity index (χ2v) is 7.53. The zero-order valence-corrected chi connectivity index (χ0v) is 17.6. The van der Waals surface area contributed by atoms with Crippen LogP contribution in [0.5, 0.6) is 0 Å². The maximum Gasteiger partial charge on any atom is 0.353 e. The minimum atomic E-state index is -1.09. The minimum Gasteiger partial charge on any atom is -0.325 e. The molecule has 32 heavy (non-hydrogen) atoms. The van der Waals surface area contributed by atoms with E-state index in [4.69, 9.17) is 0 Å². The van der Waals surface area contributed by atoms with Crippen molar-refractivity contribution in [3.05, 3.63) is 81.4 Å². The standard InChI is InChI=1S/C22H20F2N6O2/c1-12-6-13(2)8-16(7-12)27-21-25-14(3)9-19-28-29(22(32)30(19)21)11-20(31)26-15-4-5-17(23)18(24)10-15/h4-10H,11H2,1-3H3,(H,25,27)(H,26,31). The lowest BCUT2D eigenvalue weighted by Gasteiger charge is -2.09. The number of amides is 1. The van der Waals surface area contributed by atoms with Crippen LogP contribution in [0.4, 0.5) is 26.1 Å². The molecule has 2 aromatic heterocycles. The topological polar surface area (TPSA) is 93.3 Å². The first-order chi connectivity index (χ1) is 15.2. The summed E-state index contributed by atoms with van der Waals surface area (Å²) in [6.07, 6.45) is 0. The third-order valence-corrected chi connectivity index (χ3v) is 4.67. The van der Waals surface area contributed by atoms with Crippen molar-refractivity contribution in [2.75, 3.05) is 10.6 Å². The highest BCUT2D eigenvalue weighted by molar-refractivity contribution is 5.90. The highest BCUT2D eigenvalue weighted by Gasteiger charge is 2.16. The largest absolute Gasteiger partial charge is 0.353 e. The lowest BCUT2D eigenvalue weighted by Crippen LogP contribution is -2.29. The molecule has 10 heteroatoms. The SMILES string of the molecule is Cc1cc(C)cc(Nc2nc(C)cc3nn(CC(=O)Nc4ccc(F)c(F)c4)c(=O)n23)c1. The van der Waals surface area contributed by atoms with Crippen LogP contribution in [0.1, 0.15) is 16.8 Å². The summed E-state index contributed by atoms with van der Waals surface area (Å²) in [5.74, 6) is -2.46. The minimum absolute atomic E-state index is 0.0698. The Bertz CT molecular complexity index is 1390. The summed E-state index contributed by atoms with van der Waals surface area (Å²) >= 11 is 0.